The third-order valence-electron chi connectivity index (χ3n) is 9.89. The smallest absolute Gasteiger partial charge is 0.410 e. The Morgan fingerprint density at radius 1 is 0.746 bits per heavy atom. The number of carboxylic acid groups (broad SMARTS) is 1. The molecule has 0 aliphatic heterocycles. The van der Waals surface area contributed by atoms with Crippen LogP contribution in [0.2, 0.25) is 18.1 Å². The van der Waals surface area contributed by atoms with Gasteiger partial charge in [0.15, 0.2) is 6.61 Å². The molecule has 0 aliphatic rings. The molecule has 0 saturated heterocycles. The van der Waals surface area contributed by atoms with Crippen LogP contribution in [0.15, 0.2) is 83.4 Å². The van der Waals surface area contributed by atoms with Gasteiger partial charge < -0.3 is 33.2 Å². The Morgan fingerprint density at radius 2 is 1.24 bits per heavy atom. The maximum atomic E-state index is 12.4. The number of aliphatic carboxylic acids is 1. The second-order valence-corrected chi connectivity index (χ2v) is 21.5. The number of hydrogen-bond donors (Lipinski definition) is 1. The van der Waals surface area contributed by atoms with E-state index in [1.54, 1.807) is 36.1 Å². The van der Waals surface area contributed by atoms with Gasteiger partial charge in [0.25, 0.3) is 5.89 Å². The van der Waals surface area contributed by atoms with Gasteiger partial charge in [-0.2, -0.15) is 4.98 Å². The van der Waals surface area contributed by atoms with Gasteiger partial charge in [0.1, 0.15) is 18.0 Å². The van der Waals surface area contributed by atoms with Crippen molar-refractivity contribution in [1.29, 1.82) is 0 Å². The molecule has 322 valence electrons. The van der Waals surface area contributed by atoms with E-state index in [2.05, 4.69) is 44.0 Å². The number of rotatable bonds is 17. The van der Waals surface area contributed by atoms with Crippen molar-refractivity contribution in [1.82, 2.24) is 19.9 Å². The molecule has 0 bridgehead atoms. The average molecular weight is 833 g/mol. The molecule has 2 amide bonds. The normalized spacial score (nSPS) is 12.5. The van der Waals surface area contributed by atoms with E-state index in [0.717, 1.165) is 22.4 Å². The largest absolute Gasteiger partial charge is 0.544 e. The maximum absolute atomic E-state index is 12.4. The molecule has 0 aliphatic carbocycles. The van der Waals surface area contributed by atoms with Crippen LogP contribution >= 0.6 is 0 Å². The quantitative estimate of drug-likeness (QED) is 0.101. The van der Waals surface area contributed by atoms with Crippen molar-refractivity contribution in [2.75, 3.05) is 26.3 Å². The standard InChI is InChI=1S/C24H27N3O6.C21H37NO3Si/c1-16(2)14-32-24(30)27(13-22(28)29)17(3)18-9-11-20(12-10-18)31-15-21-25-23(33-26-21)19-7-5-4-6-8-19;1-10-22(20(23)24-15-16(2)3)17(4)18-11-13-19(14-12-18)25-26(8,9)21(5,6)7/h4-12,16-17H,13-15H2,1-3H3,(H,28,29);11-14,16-17H,10,15H2,1-9H3/t2*17-/m11/s1. The molecule has 0 unspecified atom stereocenters. The average Bonchev–Trinajstić information content (AvgIpc) is 3.67. The minimum Gasteiger partial charge on any atom is -0.544 e. The summed E-state index contributed by atoms with van der Waals surface area (Å²) in [6.07, 6.45) is -0.916. The molecule has 1 aromatic heterocycles. The molecule has 14 heteroatoms. The Balaban J connectivity index is 0.000000325. The van der Waals surface area contributed by atoms with Crippen molar-refractivity contribution in [2.24, 2.45) is 11.8 Å². The molecule has 1 heterocycles. The maximum Gasteiger partial charge on any atom is 0.410 e. The first kappa shape index (κ1) is 48.0. The lowest BCUT2D eigenvalue weighted by Gasteiger charge is -2.36. The van der Waals surface area contributed by atoms with Crippen molar-refractivity contribution in [3.63, 3.8) is 0 Å². The zero-order valence-electron chi connectivity index (χ0n) is 36.9. The van der Waals surface area contributed by atoms with Crippen LogP contribution in [0.5, 0.6) is 11.5 Å². The number of ether oxygens (including phenoxy) is 3. The lowest BCUT2D eigenvalue weighted by Crippen LogP contribution is -2.43. The predicted octanol–water partition coefficient (Wildman–Crippen LogP) is 10.8. The van der Waals surface area contributed by atoms with E-state index in [0.29, 0.717) is 36.5 Å². The minimum atomic E-state index is -1.84. The summed E-state index contributed by atoms with van der Waals surface area (Å²) < 4.78 is 28.0. The van der Waals surface area contributed by atoms with Gasteiger partial charge in [-0.05, 0) is 98.3 Å². The number of carboxylic acids is 1. The van der Waals surface area contributed by atoms with Gasteiger partial charge in [0, 0.05) is 12.1 Å². The van der Waals surface area contributed by atoms with E-state index in [9.17, 15) is 19.5 Å². The Labute approximate surface area is 351 Å². The molecule has 0 radical (unpaired) electrons. The summed E-state index contributed by atoms with van der Waals surface area (Å²) in [4.78, 5) is 43.3. The minimum absolute atomic E-state index is 0.0402. The molecule has 1 N–H and O–H groups in total. The molecule has 0 saturated carbocycles. The van der Waals surface area contributed by atoms with E-state index in [4.69, 9.17) is 23.2 Å². The van der Waals surface area contributed by atoms with E-state index in [-0.39, 0.29) is 36.3 Å². The molecule has 0 spiro atoms. The van der Waals surface area contributed by atoms with E-state index in [1.165, 1.54) is 4.90 Å². The lowest BCUT2D eigenvalue weighted by atomic mass is 10.1. The lowest BCUT2D eigenvalue weighted by molar-refractivity contribution is -0.138. The number of aromatic nitrogens is 2. The first-order valence-electron chi connectivity index (χ1n) is 20.2. The van der Waals surface area contributed by atoms with Gasteiger partial charge in [-0.25, -0.2) is 9.59 Å². The Kier molecular flexibility index (Phi) is 18.0. The molecular formula is C45H64N4O9Si. The van der Waals surface area contributed by atoms with Crippen LogP contribution in [-0.4, -0.2) is 77.8 Å². The summed E-state index contributed by atoms with van der Waals surface area (Å²) in [5.74, 6) is 1.67. The molecule has 3 aromatic carbocycles. The van der Waals surface area contributed by atoms with Crippen LogP contribution in [0.4, 0.5) is 9.59 Å². The summed E-state index contributed by atoms with van der Waals surface area (Å²) in [5, 5.41) is 13.3. The highest BCUT2D eigenvalue weighted by atomic mass is 28.4. The molecule has 2 atom stereocenters. The van der Waals surface area contributed by atoms with Crippen molar-refractivity contribution >= 4 is 26.5 Å². The van der Waals surface area contributed by atoms with Crippen molar-refractivity contribution in [3.8, 4) is 23.0 Å². The number of amides is 2. The molecule has 4 rings (SSSR count). The molecular weight excluding hydrogens is 769 g/mol. The first-order valence-corrected chi connectivity index (χ1v) is 23.1. The monoisotopic (exact) mass is 832 g/mol. The topological polar surface area (TPSA) is 154 Å². The Morgan fingerprint density at radius 3 is 1.71 bits per heavy atom. The Bertz CT molecular complexity index is 1890. The van der Waals surface area contributed by atoms with Crippen LogP contribution < -0.4 is 9.16 Å². The first-order chi connectivity index (χ1) is 27.7. The van der Waals surface area contributed by atoms with Gasteiger partial charge in [-0.3, -0.25) is 9.69 Å². The number of carbonyl (C=O) groups excluding carboxylic acids is 2. The van der Waals surface area contributed by atoms with Gasteiger partial charge in [0.05, 0.1) is 25.3 Å². The van der Waals surface area contributed by atoms with Crippen molar-refractivity contribution in [3.05, 3.63) is 95.8 Å². The van der Waals surface area contributed by atoms with Crippen molar-refractivity contribution < 1.29 is 42.6 Å². The summed E-state index contributed by atoms with van der Waals surface area (Å²) >= 11 is 0. The SMILES string of the molecule is CC(C)COC(=O)N(CC(=O)O)[C@H](C)c1ccc(OCc2noc(-c3ccccc3)n2)cc1.CCN(C(=O)OCC(C)C)[C@H](C)c1ccc(O[Si](C)(C)C(C)(C)C)cc1. The van der Waals surface area contributed by atoms with Crippen LogP contribution in [0.1, 0.15) is 98.3 Å². The zero-order valence-corrected chi connectivity index (χ0v) is 37.9. The van der Waals surface area contributed by atoms with Gasteiger partial charge in [-0.15, -0.1) is 0 Å². The third kappa shape index (κ3) is 15.1. The Hall–Kier alpha value is -5.37. The molecule has 59 heavy (non-hydrogen) atoms. The van der Waals surface area contributed by atoms with E-state index in [1.807, 2.05) is 96.1 Å². The van der Waals surface area contributed by atoms with Crippen LogP contribution in [0.3, 0.4) is 0 Å². The third-order valence-corrected chi connectivity index (χ3v) is 14.2. The van der Waals surface area contributed by atoms with E-state index >= 15 is 0 Å². The fourth-order valence-electron chi connectivity index (χ4n) is 5.33. The second-order valence-electron chi connectivity index (χ2n) is 16.8. The summed E-state index contributed by atoms with van der Waals surface area (Å²) in [5.41, 5.74) is 2.65. The van der Waals surface area contributed by atoms with Crippen LogP contribution in [-0.2, 0) is 20.9 Å². The summed E-state index contributed by atoms with van der Waals surface area (Å²) in [7, 11) is -1.84. The van der Waals surface area contributed by atoms with Gasteiger partial charge in [-0.1, -0.05) is 96.1 Å². The highest BCUT2D eigenvalue weighted by Crippen LogP contribution is 2.37. The van der Waals surface area contributed by atoms with Gasteiger partial charge in [0.2, 0.25) is 14.1 Å². The number of hydrogen-bond acceptors (Lipinski definition) is 10. The highest BCUT2D eigenvalue weighted by molar-refractivity contribution is 6.74. The second kappa shape index (κ2) is 22.1. The zero-order chi connectivity index (χ0) is 43.9. The number of carbonyl (C=O) groups is 3. The van der Waals surface area contributed by atoms with Crippen molar-refractivity contribution in [2.45, 2.75) is 106 Å². The molecule has 13 nitrogen and oxygen atoms in total. The predicted molar refractivity (Wildman–Crippen MR) is 231 cm³/mol. The number of benzene rings is 3. The number of nitrogens with zero attached hydrogens (tertiary/aromatic N) is 4. The highest BCUT2D eigenvalue weighted by Gasteiger charge is 2.39. The fraction of sp³-hybridized carbons (Fsp3) is 0.489. The van der Waals surface area contributed by atoms with Gasteiger partial charge >= 0.3 is 18.2 Å². The van der Waals surface area contributed by atoms with E-state index < -0.39 is 33.0 Å². The fourth-order valence-corrected chi connectivity index (χ4v) is 6.36. The summed E-state index contributed by atoms with van der Waals surface area (Å²) in [6.45, 7) is 25.8. The van der Waals surface area contributed by atoms with Crippen LogP contribution in [0.25, 0.3) is 11.5 Å². The molecule has 0 fully saturated rings. The van der Waals surface area contributed by atoms with Crippen LogP contribution in [0, 0.1) is 11.8 Å². The summed E-state index contributed by atoms with van der Waals surface area (Å²) in [6, 6.07) is 24.0. The molecule has 4 aromatic rings.